The maximum absolute atomic E-state index is 11.8. The molecule has 1 saturated heterocycles. The predicted octanol–water partition coefficient (Wildman–Crippen LogP) is 0.793. The summed E-state index contributed by atoms with van der Waals surface area (Å²) in [5.41, 5.74) is 0.973. The van der Waals surface area contributed by atoms with Crippen LogP contribution in [0.25, 0.3) is 0 Å². The lowest BCUT2D eigenvalue weighted by molar-refractivity contribution is -0.146. The van der Waals surface area contributed by atoms with Gasteiger partial charge in [0.15, 0.2) is 0 Å². The number of nitrogens with one attached hydrogen (secondary N) is 1. The molecule has 1 heterocycles. The van der Waals surface area contributed by atoms with Crippen LogP contribution in [-0.4, -0.2) is 40.2 Å². The van der Waals surface area contributed by atoms with E-state index in [0.29, 0.717) is 6.54 Å². The summed E-state index contributed by atoms with van der Waals surface area (Å²) in [5, 5.41) is 2.44. The normalized spacial score (nSPS) is 19.1. The highest BCUT2D eigenvalue weighted by Crippen LogP contribution is 2.19. The second-order valence-electron chi connectivity index (χ2n) is 4.53. The molecule has 1 atom stereocenters. The Bertz CT molecular complexity index is 518. The van der Waals surface area contributed by atoms with Crippen molar-refractivity contribution in [2.75, 3.05) is 12.3 Å². The SMILES string of the molecule is C[C@@H]1SCC(=O)N(CC(=O)NCc2ccccc2)C1=O. The van der Waals surface area contributed by atoms with Crippen molar-refractivity contribution in [1.29, 1.82) is 0 Å². The lowest BCUT2D eigenvalue weighted by Crippen LogP contribution is -2.50. The molecule has 0 saturated carbocycles. The fraction of sp³-hybridized carbons (Fsp3) is 0.357. The molecular weight excluding hydrogens is 276 g/mol. The summed E-state index contributed by atoms with van der Waals surface area (Å²) in [4.78, 5) is 36.4. The summed E-state index contributed by atoms with van der Waals surface area (Å²) >= 11 is 1.30. The number of thioether (sulfide) groups is 1. The van der Waals surface area contributed by atoms with Gasteiger partial charge in [-0.2, -0.15) is 0 Å². The Morgan fingerprint density at radius 3 is 2.75 bits per heavy atom. The first-order chi connectivity index (χ1) is 9.58. The lowest BCUT2D eigenvalue weighted by atomic mass is 10.2. The molecule has 0 aliphatic carbocycles. The van der Waals surface area contributed by atoms with E-state index in [2.05, 4.69) is 5.32 Å². The number of nitrogens with zero attached hydrogens (tertiary/aromatic N) is 1. The average molecular weight is 292 g/mol. The fourth-order valence-electron chi connectivity index (χ4n) is 1.85. The fourth-order valence-corrected chi connectivity index (χ4v) is 2.67. The van der Waals surface area contributed by atoms with Crippen molar-refractivity contribution in [3.05, 3.63) is 35.9 Å². The van der Waals surface area contributed by atoms with Crippen LogP contribution in [0.1, 0.15) is 12.5 Å². The maximum atomic E-state index is 11.8. The van der Waals surface area contributed by atoms with Gasteiger partial charge in [-0.3, -0.25) is 19.3 Å². The molecule has 5 nitrogen and oxygen atoms in total. The molecule has 1 aromatic rings. The van der Waals surface area contributed by atoms with Crippen molar-refractivity contribution in [3.63, 3.8) is 0 Å². The first-order valence-electron chi connectivity index (χ1n) is 6.34. The summed E-state index contributed by atoms with van der Waals surface area (Å²) in [6.45, 7) is 1.93. The van der Waals surface area contributed by atoms with Gasteiger partial charge in [0.2, 0.25) is 17.7 Å². The number of hydrogen-bond acceptors (Lipinski definition) is 4. The number of benzene rings is 1. The van der Waals surface area contributed by atoms with Crippen molar-refractivity contribution in [3.8, 4) is 0 Å². The molecule has 1 aliphatic rings. The largest absolute Gasteiger partial charge is 0.350 e. The number of carbonyl (C=O) groups is 3. The minimum Gasteiger partial charge on any atom is -0.350 e. The highest BCUT2D eigenvalue weighted by molar-refractivity contribution is 8.01. The van der Waals surface area contributed by atoms with Gasteiger partial charge in [-0.25, -0.2) is 0 Å². The van der Waals surface area contributed by atoms with Gasteiger partial charge in [-0.15, -0.1) is 11.8 Å². The number of hydrogen-bond donors (Lipinski definition) is 1. The third-order valence-corrected chi connectivity index (χ3v) is 4.12. The zero-order valence-electron chi connectivity index (χ0n) is 11.2. The van der Waals surface area contributed by atoms with Gasteiger partial charge in [0.1, 0.15) is 6.54 Å². The number of carbonyl (C=O) groups excluding carboxylic acids is 3. The van der Waals surface area contributed by atoms with E-state index >= 15 is 0 Å². The monoisotopic (exact) mass is 292 g/mol. The van der Waals surface area contributed by atoms with Gasteiger partial charge in [0.25, 0.3) is 0 Å². The molecule has 6 heteroatoms. The van der Waals surface area contributed by atoms with Crippen LogP contribution in [0.15, 0.2) is 30.3 Å². The topological polar surface area (TPSA) is 66.5 Å². The second kappa shape index (κ2) is 6.56. The van der Waals surface area contributed by atoms with Crippen LogP contribution < -0.4 is 5.32 Å². The van der Waals surface area contributed by atoms with E-state index in [1.54, 1.807) is 6.92 Å². The highest BCUT2D eigenvalue weighted by Gasteiger charge is 2.33. The van der Waals surface area contributed by atoms with Crippen molar-refractivity contribution < 1.29 is 14.4 Å². The Hall–Kier alpha value is -1.82. The van der Waals surface area contributed by atoms with Crippen LogP contribution >= 0.6 is 11.8 Å². The smallest absolute Gasteiger partial charge is 0.242 e. The van der Waals surface area contributed by atoms with E-state index in [1.807, 2.05) is 30.3 Å². The minimum absolute atomic E-state index is 0.199. The summed E-state index contributed by atoms with van der Waals surface area (Å²) in [7, 11) is 0. The molecule has 0 unspecified atom stereocenters. The molecule has 0 radical (unpaired) electrons. The van der Waals surface area contributed by atoms with E-state index in [4.69, 9.17) is 0 Å². The third kappa shape index (κ3) is 3.60. The zero-order chi connectivity index (χ0) is 14.5. The van der Waals surface area contributed by atoms with E-state index in [1.165, 1.54) is 11.8 Å². The number of amides is 3. The van der Waals surface area contributed by atoms with Crippen molar-refractivity contribution in [2.45, 2.75) is 18.7 Å². The van der Waals surface area contributed by atoms with Gasteiger partial charge >= 0.3 is 0 Å². The molecule has 1 aromatic carbocycles. The second-order valence-corrected chi connectivity index (χ2v) is 5.86. The van der Waals surface area contributed by atoms with Crippen molar-refractivity contribution in [1.82, 2.24) is 10.2 Å². The van der Waals surface area contributed by atoms with Gasteiger partial charge < -0.3 is 5.32 Å². The molecule has 1 N–H and O–H groups in total. The van der Waals surface area contributed by atoms with Gasteiger partial charge in [-0.05, 0) is 12.5 Å². The summed E-state index contributed by atoms with van der Waals surface area (Å²) in [6, 6.07) is 9.47. The van der Waals surface area contributed by atoms with E-state index in [0.717, 1.165) is 10.5 Å². The zero-order valence-corrected chi connectivity index (χ0v) is 12.0. The van der Waals surface area contributed by atoms with Crippen molar-refractivity contribution >= 4 is 29.5 Å². The quantitative estimate of drug-likeness (QED) is 0.833. The molecule has 2 rings (SSSR count). The van der Waals surface area contributed by atoms with Crippen molar-refractivity contribution in [2.24, 2.45) is 0 Å². The molecule has 0 spiro atoms. The van der Waals surface area contributed by atoms with Crippen LogP contribution in [0.2, 0.25) is 0 Å². The van der Waals surface area contributed by atoms with E-state index in [9.17, 15) is 14.4 Å². The van der Waals surface area contributed by atoms with Crippen LogP contribution in [-0.2, 0) is 20.9 Å². The molecular formula is C14H16N2O3S. The predicted molar refractivity (Wildman–Crippen MR) is 76.9 cm³/mol. The van der Waals surface area contributed by atoms with Gasteiger partial charge in [0, 0.05) is 6.54 Å². The molecule has 0 bridgehead atoms. The summed E-state index contributed by atoms with van der Waals surface area (Å²) in [6.07, 6.45) is 0. The van der Waals surface area contributed by atoms with E-state index < -0.39 is 0 Å². The van der Waals surface area contributed by atoms with Crippen LogP contribution in [0.3, 0.4) is 0 Å². The Morgan fingerprint density at radius 1 is 1.35 bits per heavy atom. The van der Waals surface area contributed by atoms with Gasteiger partial charge in [0.05, 0.1) is 11.0 Å². The summed E-state index contributed by atoms with van der Waals surface area (Å²) < 4.78 is 0. The molecule has 106 valence electrons. The first kappa shape index (κ1) is 14.6. The molecule has 20 heavy (non-hydrogen) atoms. The molecule has 1 fully saturated rings. The number of imide groups is 1. The summed E-state index contributed by atoms with van der Waals surface area (Å²) in [5.74, 6) is -0.664. The Balaban J connectivity index is 1.87. The lowest BCUT2D eigenvalue weighted by Gasteiger charge is -2.27. The Morgan fingerprint density at radius 2 is 2.05 bits per heavy atom. The average Bonchev–Trinajstić information content (AvgIpc) is 2.46. The Kier molecular flexibility index (Phi) is 4.79. The van der Waals surface area contributed by atoms with Gasteiger partial charge in [-0.1, -0.05) is 30.3 Å². The van der Waals surface area contributed by atoms with Crippen LogP contribution in [0.5, 0.6) is 0 Å². The molecule has 0 aromatic heterocycles. The highest BCUT2D eigenvalue weighted by atomic mass is 32.2. The third-order valence-electron chi connectivity index (χ3n) is 3.01. The maximum Gasteiger partial charge on any atom is 0.242 e. The van der Waals surface area contributed by atoms with Crippen LogP contribution in [0.4, 0.5) is 0 Å². The minimum atomic E-state index is -0.324. The molecule has 1 aliphatic heterocycles. The van der Waals surface area contributed by atoms with Crippen LogP contribution in [0, 0.1) is 0 Å². The standard InChI is InChI=1S/C14H16N2O3S/c1-10-14(19)16(13(18)9-20-10)8-12(17)15-7-11-5-3-2-4-6-11/h2-6,10H,7-9H2,1H3,(H,15,17)/t10-/m0/s1. The Labute approximate surface area is 121 Å². The van der Waals surface area contributed by atoms with E-state index in [-0.39, 0.29) is 35.3 Å². The molecule has 3 amide bonds. The first-order valence-corrected chi connectivity index (χ1v) is 7.39. The number of rotatable bonds is 4.